The summed E-state index contributed by atoms with van der Waals surface area (Å²) in [5.74, 6) is 1.08. The normalized spacial score (nSPS) is 11.4. The molecule has 0 amide bonds. The van der Waals surface area contributed by atoms with Crippen LogP contribution in [0.15, 0.2) is 17.4 Å². The van der Waals surface area contributed by atoms with E-state index >= 15 is 0 Å². The number of rotatable bonds is 4. The molecule has 0 aromatic carbocycles. The molecule has 1 unspecified atom stereocenters. The molecule has 15 heavy (non-hydrogen) atoms. The van der Waals surface area contributed by atoms with Gasteiger partial charge >= 0.3 is 0 Å². The first-order valence-corrected chi connectivity index (χ1v) is 4.37. The van der Waals surface area contributed by atoms with E-state index in [1.807, 2.05) is 0 Å². The number of carbonyl (C=O) groups excluding carboxylic acids is 1. The van der Waals surface area contributed by atoms with Gasteiger partial charge in [0.15, 0.2) is 0 Å². The molecular weight excluding hydrogens is 196 g/mol. The van der Waals surface area contributed by atoms with E-state index in [0.29, 0.717) is 17.1 Å². The lowest BCUT2D eigenvalue weighted by Crippen LogP contribution is -2.00. The van der Waals surface area contributed by atoms with Gasteiger partial charge in [-0.05, 0) is 6.92 Å². The van der Waals surface area contributed by atoms with Crippen LogP contribution in [-0.4, -0.2) is 25.3 Å². The SMILES string of the molecule is COc1cncc(OC)c1C(C)N=C=O. The maximum atomic E-state index is 10.2. The number of aromatic nitrogens is 1. The summed E-state index contributed by atoms with van der Waals surface area (Å²) in [6, 6.07) is -0.365. The molecule has 0 aliphatic rings. The largest absolute Gasteiger partial charge is 0.495 e. The van der Waals surface area contributed by atoms with Crippen molar-refractivity contribution in [1.29, 1.82) is 0 Å². The van der Waals surface area contributed by atoms with Crippen LogP contribution in [0.1, 0.15) is 18.5 Å². The number of aliphatic imine (C=N–C) groups is 1. The monoisotopic (exact) mass is 208 g/mol. The third kappa shape index (κ3) is 2.33. The van der Waals surface area contributed by atoms with E-state index in [-0.39, 0.29) is 6.04 Å². The first-order valence-electron chi connectivity index (χ1n) is 4.37. The van der Waals surface area contributed by atoms with Crippen molar-refractivity contribution in [3.8, 4) is 11.5 Å². The molecule has 1 aromatic heterocycles. The van der Waals surface area contributed by atoms with Gasteiger partial charge in [0.2, 0.25) is 6.08 Å². The Labute approximate surface area is 87.8 Å². The topological polar surface area (TPSA) is 60.8 Å². The van der Waals surface area contributed by atoms with Crippen molar-refractivity contribution in [3.05, 3.63) is 18.0 Å². The van der Waals surface area contributed by atoms with Crippen LogP contribution in [0.3, 0.4) is 0 Å². The van der Waals surface area contributed by atoms with Crippen LogP contribution >= 0.6 is 0 Å². The summed E-state index contributed by atoms with van der Waals surface area (Å²) in [5.41, 5.74) is 0.693. The highest BCUT2D eigenvalue weighted by atomic mass is 16.5. The zero-order valence-corrected chi connectivity index (χ0v) is 8.85. The van der Waals surface area contributed by atoms with Crippen molar-refractivity contribution in [1.82, 2.24) is 4.98 Å². The summed E-state index contributed by atoms with van der Waals surface area (Å²) >= 11 is 0. The molecule has 1 heterocycles. The third-order valence-electron chi connectivity index (χ3n) is 2.02. The van der Waals surface area contributed by atoms with E-state index in [9.17, 15) is 4.79 Å². The van der Waals surface area contributed by atoms with Crippen molar-refractivity contribution in [3.63, 3.8) is 0 Å². The Kier molecular flexibility index (Phi) is 3.83. The minimum atomic E-state index is -0.365. The van der Waals surface area contributed by atoms with Crippen LogP contribution in [0, 0.1) is 0 Å². The van der Waals surface area contributed by atoms with Gasteiger partial charge in [-0.25, -0.2) is 4.79 Å². The molecule has 5 heteroatoms. The molecule has 1 aromatic rings. The Morgan fingerprint density at radius 1 is 1.33 bits per heavy atom. The number of hydrogen-bond acceptors (Lipinski definition) is 5. The van der Waals surface area contributed by atoms with Gasteiger partial charge < -0.3 is 9.47 Å². The molecule has 5 nitrogen and oxygen atoms in total. The van der Waals surface area contributed by atoms with Crippen molar-refractivity contribution in [2.75, 3.05) is 14.2 Å². The van der Waals surface area contributed by atoms with E-state index in [2.05, 4.69) is 9.98 Å². The summed E-state index contributed by atoms with van der Waals surface area (Å²) in [6.07, 6.45) is 4.61. The summed E-state index contributed by atoms with van der Waals surface area (Å²) in [4.78, 5) is 17.8. The average Bonchev–Trinajstić information content (AvgIpc) is 2.28. The predicted octanol–water partition coefficient (Wildman–Crippen LogP) is 1.50. The number of isocyanates is 1. The van der Waals surface area contributed by atoms with Crippen molar-refractivity contribution < 1.29 is 14.3 Å². The Hall–Kier alpha value is -1.87. The highest BCUT2D eigenvalue weighted by Gasteiger charge is 2.16. The van der Waals surface area contributed by atoms with Gasteiger partial charge in [-0.2, -0.15) is 4.99 Å². The van der Waals surface area contributed by atoms with E-state index < -0.39 is 0 Å². The van der Waals surface area contributed by atoms with Crippen LogP contribution in [0.2, 0.25) is 0 Å². The van der Waals surface area contributed by atoms with Crippen molar-refractivity contribution in [2.24, 2.45) is 4.99 Å². The molecule has 0 saturated carbocycles. The van der Waals surface area contributed by atoms with E-state index in [1.165, 1.54) is 20.3 Å². The summed E-state index contributed by atoms with van der Waals surface area (Å²) < 4.78 is 10.2. The predicted molar refractivity (Wildman–Crippen MR) is 53.9 cm³/mol. The molecular formula is C10H12N2O3. The third-order valence-corrected chi connectivity index (χ3v) is 2.02. The average molecular weight is 208 g/mol. The van der Waals surface area contributed by atoms with Gasteiger partial charge in [0.1, 0.15) is 11.5 Å². The fourth-order valence-corrected chi connectivity index (χ4v) is 1.31. The number of ether oxygens (including phenoxy) is 2. The van der Waals surface area contributed by atoms with Crippen LogP contribution in [-0.2, 0) is 4.79 Å². The lowest BCUT2D eigenvalue weighted by Gasteiger charge is -2.13. The maximum Gasteiger partial charge on any atom is 0.235 e. The molecule has 0 spiro atoms. The molecule has 80 valence electrons. The second-order valence-corrected chi connectivity index (χ2v) is 2.85. The molecule has 1 atom stereocenters. The molecule has 0 aliphatic carbocycles. The van der Waals surface area contributed by atoms with Gasteiger partial charge in [-0.3, -0.25) is 4.98 Å². The molecule has 0 bridgehead atoms. The maximum absolute atomic E-state index is 10.2. The van der Waals surface area contributed by atoms with Crippen LogP contribution in [0.4, 0.5) is 0 Å². The fourth-order valence-electron chi connectivity index (χ4n) is 1.31. The van der Waals surface area contributed by atoms with Gasteiger partial charge in [-0.1, -0.05) is 0 Å². The minimum absolute atomic E-state index is 0.365. The highest BCUT2D eigenvalue weighted by molar-refractivity contribution is 5.46. The molecule has 0 saturated heterocycles. The first-order chi connectivity index (χ1) is 7.24. The standard InChI is InChI=1S/C10H12N2O3/c1-7(12-6-13)10-8(14-2)4-11-5-9(10)15-3/h4-5,7H,1-3H3. The Bertz CT molecular complexity index is 364. The fraction of sp³-hybridized carbons (Fsp3) is 0.400. The van der Waals surface area contributed by atoms with Crippen molar-refractivity contribution in [2.45, 2.75) is 13.0 Å². The minimum Gasteiger partial charge on any atom is -0.495 e. The Balaban J connectivity index is 3.26. The summed E-state index contributed by atoms with van der Waals surface area (Å²) in [7, 11) is 3.05. The zero-order valence-electron chi connectivity index (χ0n) is 8.85. The number of methoxy groups -OCH3 is 2. The summed E-state index contributed by atoms with van der Waals surface area (Å²) in [6.45, 7) is 1.76. The smallest absolute Gasteiger partial charge is 0.235 e. The quantitative estimate of drug-likeness (QED) is 0.555. The first kappa shape index (κ1) is 11.2. The van der Waals surface area contributed by atoms with E-state index in [0.717, 1.165) is 0 Å². The van der Waals surface area contributed by atoms with Crippen molar-refractivity contribution >= 4 is 6.08 Å². The second kappa shape index (κ2) is 5.12. The molecule has 0 N–H and O–H groups in total. The van der Waals surface area contributed by atoms with Gasteiger partial charge in [0.25, 0.3) is 0 Å². The summed E-state index contributed by atoms with van der Waals surface area (Å²) in [5, 5.41) is 0. The zero-order chi connectivity index (χ0) is 11.3. The van der Waals surface area contributed by atoms with Crippen LogP contribution in [0.5, 0.6) is 11.5 Å². The lowest BCUT2D eigenvalue weighted by molar-refractivity contribution is 0.377. The molecule has 0 radical (unpaired) electrons. The Morgan fingerprint density at radius 3 is 2.27 bits per heavy atom. The number of nitrogens with zero attached hydrogens (tertiary/aromatic N) is 2. The number of hydrogen-bond donors (Lipinski definition) is 0. The second-order valence-electron chi connectivity index (χ2n) is 2.85. The van der Waals surface area contributed by atoms with Gasteiger partial charge in [-0.15, -0.1) is 0 Å². The Morgan fingerprint density at radius 2 is 1.87 bits per heavy atom. The van der Waals surface area contributed by atoms with E-state index in [4.69, 9.17) is 9.47 Å². The lowest BCUT2D eigenvalue weighted by atomic mass is 10.1. The molecule has 0 aliphatic heterocycles. The number of pyridine rings is 1. The van der Waals surface area contributed by atoms with Crippen LogP contribution < -0.4 is 9.47 Å². The van der Waals surface area contributed by atoms with Gasteiger partial charge in [0.05, 0.1) is 38.2 Å². The van der Waals surface area contributed by atoms with Gasteiger partial charge in [0, 0.05) is 0 Å². The molecule has 0 fully saturated rings. The molecule has 1 rings (SSSR count). The highest BCUT2D eigenvalue weighted by Crippen LogP contribution is 2.34. The van der Waals surface area contributed by atoms with Crippen LogP contribution in [0.25, 0.3) is 0 Å². The van der Waals surface area contributed by atoms with E-state index in [1.54, 1.807) is 19.3 Å².